The molecule has 0 aliphatic carbocycles. The van der Waals surface area contributed by atoms with Crippen LogP contribution in [-0.4, -0.2) is 49.9 Å². The fourth-order valence-electron chi connectivity index (χ4n) is 3.44. The van der Waals surface area contributed by atoms with E-state index < -0.39 is 0 Å². The summed E-state index contributed by atoms with van der Waals surface area (Å²) in [5.41, 5.74) is 3.52. The number of nitrogens with zero attached hydrogens (tertiary/aromatic N) is 3. The molecule has 1 heterocycles. The quantitative estimate of drug-likeness (QED) is 0.720. The Labute approximate surface area is 164 Å². The minimum Gasteiger partial charge on any atom is -0.341 e. The predicted octanol–water partition coefficient (Wildman–Crippen LogP) is 4.46. The summed E-state index contributed by atoms with van der Waals surface area (Å²) in [5.74, 6) is 0. The molecule has 0 saturated carbocycles. The Morgan fingerprint density at radius 2 is 1.93 bits per heavy atom. The number of carbonyl (C=O) groups excluding carboxylic acids is 1. The van der Waals surface area contributed by atoms with Crippen molar-refractivity contribution in [2.45, 2.75) is 52.5 Å². The van der Waals surface area contributed by atoms with Gasteiger partial charge in [-0.05, 0) is 44.7 Å². The number of rotatable bonds is 7. The lowest BCUT2D eigenvalue weighted by atomic mass is 10.0. The van der Waals surface area contributed by atoms with Gasteiger partial charge < -0.3 is 5.32 Å². The van der Waals surface area contributed by atoms with Gasteiger partial charge in [0.05, 0.1) is 5.70 Å². The van der Waals surface area contributed by atoms with E-state index in [-0.39, 0.29) is 12.1 Å². The SMILES string of the molecule is CCC=N/C(CN1CCC(N(C(=O)NC)c2ccccc2)CC1)=C(/C)CC. The minimum absolute atomic E-state index is 0.0328. The molecular formula is C22H34N4O. The van der Waals surface area contributed by atoms with E-state index in [0.29, 0.717) is 0 Å². The van der Waals surface area contributed by atoms with Crippen LogP contribution in [-0.2, 0) is 0 Å². The number of likely N-dealkylation sites (tertiary alicyclic amines) is 1. The largest absolute Gasteiger partial charge is 0.341 e. The molecule has 1 aromatic carbocycles. The number of amides is 2. The fraction of sp³-hybridized carbons (Fsp3) is 0.545. The van der Waals surface area contributed by atoms with Gasteiger partial charge in [-0.2, -0.15) is 0 Å². The first-order chi connectivity index (χ1) is 13.1. The van der Waals surface area contributed by atoms with Crippen molar-refractivity contribution in [3.8, 4) is 0 Å². The summed E-state index contributed by atoms with van der Waals surface area (Å²) >= 11 is 0. The zero-order valence-corrected chi connectivity index (χ0v) is 17.2. The lowest BCUT2D eigenvalue weighted by Crippen LogP contribution is -2.50. The third-order valence-electron chi connectivity index (χ3n) is 5.22. The van der Waals surface area contributed by atoms with Crippen LogP contribution in [0.5, 0.6) is 0 Å². The molecule has 0 atom stereocenters. The van der Waals surface area contributed by atoms with Crippen LogP contribution >= 0.6 is 0 Å². The highest BCUT2D eigenvalue weighted by atomic mass is 16.2. The lowest BCUT2D eigenvalue weighted by molar-refractivity contribution is 0.214. The maximum Gasteiger partial charge on any atom is 0.321 e. The molecule has 0 radical (unpaired) electrons. The fourth-order valence-corrected chi connectivity index (χ4v) is 3.44. The Morgan fingerprint density at radius 1 is 1.26 bits per heavy atom. The summed E-state index contributed by atoms with van der Waals surface area (Å²) in [7, 11) is 1.70. The maximum atomic E-state index is 12.5. The van der Waals surface area contributed by atoms with Gasteiger partial charge >= 0.3 is 6.03 Å². The Bertz CT molecular complexity index is 646. The summed E-state index contributed by atoms with van der Waals surface area (Å²) in [5, 5.41) is 2.80. The van der Waals surface area contributed by atoms with Gasteiger partial charge in [-0.1, -0.05) is 37.6 Å². The second-order valence-electron chi connectivity index (χ2n) is 7.07. The molecule has 1 saturated heterocycles. The van der Waals surface area contributed by atoms with E-state index >= 15 is 0 Å². The van der Waals surface area contributed by atoms with Gasteiger partial charge in [-0.25, -0.2) is 4.79 Å². The second-order valence-corrected chi connectivity index (χ2v) is 7.07. The van der Waals surface area contributed by atoms with Crippen molar-refractivity contribution in [2.75, 3.05) is 31.6 Å². The average molecular weight is 371 g/mol. The van der Waals surface area contributed by atoms with Crippen LogP contribution < -0.4 is 10.2 Å². The van der Waals surface area contributed by atoms with Gasteiger partial charge in [-0.3, -0.25) is 14.8 Å². The van der Waals surface area contributed by atoms with Crippen LogP contribution in [0.1, 0.15) is 46.5 Å². The number of anilines is 1. The Morgan fingerprint density at radius 3 is 2.48 bits per heavy atom. The van der Waals surface area contributed by atoms with E-state index in [2.05, 4.69) is 36.0 Å². The molecule has 27 heavy (non-hydrogen) atoms. The number of para-hydroxylation sites is 1. The van der Waals surface area contributed by atoms with Crippen LogP contribution in [0.15, 0.2) is 46.6 Å². The topological polar surface area (TPSA) is 47.9 Å². The van der Waals surface area contributed by atoms with Gasteiger partial charge in [0.15, 0.2) is 0 Å². The molecule has 1 aliphatic heterocycles. The molecule has 2 amide bonds. The number of allylic oxidation sites excluding steroid dienone is 1. The van der Waals surface area contributed by atoms with E-state index in [1.807, 2.05) is 41.4 Å². The van der Waals surface area contributed by atoms with Crippen molar-refractivity contribution < 1.29 is 4.79 Å². The Balaban J connectivity index is 2.04. The molecule has 0 spiro atoms. The van der Waals surface area contributed by atoms with Crippen molar-refractivity contribution in [1.29, 1.82) is 0 Å². The first kappa shape index (κ1) is 21.2. The van der Waals surface area contributed by atoms with Crippen LogP contribution in [0.2, 0.25) is 0 Å². The monoisotopic (exact) mass is 370 g/mol. The molecule has 0 aromatic heterocycles. The molecule has 2 rings (SSSR count). The number of benzene rings is 1. The summed E-state index contributed by atoms with van der Waals surface area (Å²) in [6.07, 6.45) is 5.94. The molecule has 148 valence electrons. The van der Waals surface area contributed by atoms with Gasteiger partial charge in [0.1, 0.15) is 0 Å². The number of piperidine rings is 1. The second kappa shape index (κ2) is 10.9. The molecule has 5 nitrogen and oxygen atoms in total. The van der Waals surface area contributed by atoms with Crippen LogP contribution in [0.25, 0.3) is 0 Å². The molecule has 0 unspecified atom stereocenters. The molecule has 5 heteroatoms. The molecule has 1 aliphatic rings. The highest BCUT2D eigenvalue weighted by Crippen LogP contribution is 2.24. The summed E-state index contributed by atoms with van der Waals surface area (Å²) < 4.78 is 0. The van der Waals surface area contributed by atoms with E-state index in [9.17, 15) is 4.79 Å². The number of carbonyl (C=O) groups is 1. The number of hydrogen-bond donors (Lipinski definition) is 1. The molecular weight excluding hydrogens is 336 g/mol. The third kappa shape index (κ3) is 5.93. The standard InChI is InChI=1S/C22H34N4O/c1-5-14-24-21(18(3)6-2)17-25-15-12-20(13-16-25)26(22(27)23-4)19-10-8-7-9-11-19/h7-11,14,20H,5-6,12-13,15-17H2,1-4H3,(H,23,27)/b21-18-,24-14?. The summed E-state index contributed by atoms with van der Waals surface area (Å²) in [4.78, 5) is 21.6. The van der Waals surface area contributed by atoms with Crippen molar-refractivity contribution in [2.24, 2.45) is 4.99 Å². The van der Waals surface area contributed by atoms with Crippen LogP contribution in [0, 0.1) is 0 Å². The van der Waals surface area contributed by atoms with E-state index in [0.717, 1.165) is 51.0 Å². The minimum atomic E-state index is -0.0328. The number of aliphatic imine (C=N–C) groups is 1. The van der Waals surface area contributed by atoms with Gasteiger partial charge in [-0.15, -0.1) is 0 Å². The first-order valence-corrected chi connectivity index (χ1v) is 10.1. The van der Waals surface area contributed by atoms with Crippen LogP contribution in [0.3, 0.4) is 0 Å². The molecule has 1 aromatic rings. The van der Waals surface area contributed by atoms with Crippen molar-refractivity contribution in [3.05, 3.63) is 41.6 Å². The number of hydrogen-bond acceptors (Lipinski definition) is 3. The van der Waals surface area contributed by atoms with E-state index in [1.165, 1.54) is 11.3 Å². The van der Waals surface area contributed by atoms with Gasteiger partial charge in [0.2, 0.25) is 0 Å². The zero-order chi connectivity index (χ0) is 19.6. The van der Waals surface area contributed by atoms with Crippen molar-refractivity contribution in [3.63, 3.8) is 0 Å². The maximum absolute atomic E-state index is 12.5. The lowest BCUT2D eigenvalue weighted by Gasteiger charge is -2.38. The highest BCUT2D eigenvalue weighted by Gasteiger charge is 2.29. The molecule has 1 N–H and O–H groups in total. The first-order valence-electron chi connectivity index (χ1n) is 10.1. The third-order valence-corrected chi connectivity index (χ3v) is 5.22. The number of nitrogens with one attached hydrogen (secondary N) is 1. The molecule has 0 bridgehead atoms. The average Bonchev–Trinajstić information content (AvgIpc) is 2.72. The van der Waals surface area contributed by atoms with Crippen molar-refractivity contribution >= 4 is 17.9 Å². The van der Waals surface area contributed by atoms with Gasteiger partial charge in [0, 0.05) is 44.6 Å². The highest BCUT2D eigenvalue weighted by molar-refractivity contribution is 5.92. The Kier molecular flexibility index (Phi) is 8.52. The summed E-state index contributed by atoms with van der Waals surface area (Å²) in [6, 6.07) is 10.2. The summed E-state index contributed by atoms with van der Waals surface area (Å²) in [6.45, 7) is 9.33. The normalized spacial score (nSPS) is 17.0. The number of urea groups is 1. The predicted molar refractivity (Wildman–Crippen MR) is 115 cm³/mol. The van der Waals surface area contributed by atoms with E-state index in [1.54, 1.807) is 7.05 Å². The smallest absolute Gasteiger partial charge is 0.321 e. The van der Waals surface area contributed by atoms with Gasteiger partial charge in [0.25, 0.3) is 0 Å². The van der Waals surface area contributed by atoms with E-state index in [4.69, 9.17) is 0 Å². The van der Waals surface area contributed by atoms with Crippen LogP contribution in [0.4, 0.5) is 10.5 Å². The Hall–Kier alpha value is -2.14. The molecule has 1 fully saturated rings. The van der Waals surface area contributed by atoms with Crippen molar-refractivity contribution in [1.82, 2.24) is 10.2 Å². The zero-order valence-electron chi connectivity index (χ0n) is 17.2.